The lowest BCUT2D eigenvalue weighted by atomic mass is 10.1. The van der Waals surface area contributed by atoms with Crippen LogP contribution in [0.3, 0.4) is 0 Å². The number of aliphatic hydroxyl groups is 1. The van der Waals surface area contributed by atoms with Crippen molar-refractivity contribution in [1.82, 2.24) is 4.72 Å². The average molecular weight is 312 g/mol. The van der Waals surface area contributed by atoms with Gasteiger partial charge in [0.05, 0.1) is 11.9 Å². The molecular formula is C15H24N2O3S. The summed E-state index contributed by atoms with van der Waals surface area (Å²) >= 11 is 0. The van der Waals surface area contributed by atoms with Gasteiger partial charge in [-0.05, 0) is 24.0 Å². The van der Waals surface area contributed by atoms with Crippen LogP contribution >= 0.6 is 0 Å². The number of aliphatic hydroxyl groups excluding tert-OH is 1. The largest absolute Gasteiger partial charge is 0.391 e. The second kappa shape index (κ2) is 7.35. The van der Waals surface area contributed by atoms with Gasteiger partial charge in [0.1, 0.15) is 0 Å². The first-order valence-electron chi connectivity index (χ1n) is 7.47. The number of benzene rings is 1. The molecule has 0 heterocycles. The predicted molar refractivity (Wildman–Crippen MR) is 83.0 cm³/mol. The Kier molecular flexibility index (Phi) is 5.75. The lowest BCUT2D eigenvalue weighted by molar-refractivity contribution is 0.130. The highest BCUT2D eigenvalue weighted by molar-refractivity contribution is 7.88. The highest BCUT2D eigenvalue weighted by Gasteiger charge is 2.26. The molecule has 2 atom stereocenters. The summed E-state index contributed by atoms with van der Waals surface area (Å²) in [6.07, 6.45) is 3.71. The third-order valence-electron chi connectivity index (χ3n) is 3.99. The van der Waals surface area contributed by atoms with Crippen LogP contribution in [-0.4, -0.2) is 25.7 Å². The maximum Gasteiger partial charge on any atom is 0.216 e. The van der Waals surface area contributed by atoms with E-state index < -0.39 is 16.1 Å². The Balaban J connectivity index is 2.07. The van der Waals surface area contributed by atoms with Crippen molar-refractivity contribution < 1.29 is 13.5 Å². The van der Waals surface area contributed by atoms with Crippen LogP contribution < -0.4 is 10.5 Å². The SMILES string of the molecule is NCc1ccccc1CS(=O)(=O)NC1CCCCCC1O. The fourth-order valence-corrected chi connectivity index (χ4v) is 4.31. The van der Waals surface area contributed by atoms with Gasteiger partial charge >= 0.3 is 0 Å². The molecule has 2 rings (SSSR count). The van der Waals surface area contributed by atoms with E-state index in [1.165, 1.54) is 0 Å². The standard InChI is InChI=1S/C15H24N2O3S/c16-10-12-6-4-5-7-13(12)11-21(19,20)17-14-8-2-1-3-9-15(14)18/h4-7,14-15,17-18H,1-3,8-11,16H2. The number of hydrogen-bond donors (Lipinski definition) is 3. The van der Waals surface area contributed by atoms with Gasteiger partial charge in [-0.15, -0.1) is 0 Å². The van der Waals surface area contributed by atoms with E-state index in [-0.39, 0.29) is 11.8 Å². The zero-order valence-electron chi connectivity index (χ0n) is 12.2. The smallest absolute Gasteiger partial charge is 0.216 e. The van der Waals surface area contributed by atoms with Gasteiger partial charge < -0.3 is 10.8 Å². The van der Waals surface area contributed by atoms with Crippen LogP contribution in [0.25, 0.3) is 0 Å². The molecule has 1 aliphatic carbocycles. The molecule has 118 valence electrons. The lowest BCUT2D eigenvalue weighted by Gasteiger charge is -2.22. The minimum absolute atomic E-state index is 0.0937. The molecule has 5 nitrogen and oxygen atoms in total. The van der Waals surface area contributed by atoms with Crippen molar-refractivity contribution in [1.29, 1.82) is 0 Å². The maximum absolute atomic E-state index is 12.3. The third-order valence-corrected chi connectivity index (χ3v) is 5.35. The fraction of sp³-hybridized carbons (Fsp3) is 0.600. The molecule has 6 heteroatoms. The van der Waals surface area contributed by atoms with Crippen molar-refractivity contribution in [2.45, 2.75) is 56.5 Å². The monoisotopic (exact) mass is 312 g/mol. The van der Waals surface area contributed by atoms with Crippen LogP contribution in [-0.2, 0) is 22.3 Å². The Morgan fingerprint density at radius 1 is 1.14 bits per heavy atom. The molecule has 2 unspecified atom stereocenters. The van der Waals surface area contributed by atoms with E-state index >= 15 is 0 Å². The van der Waals surface area contributed by atoms with Crippen LogP contribution in [0.2, 0.25) is 0 Å². The summed E-state index contributed by atoms with van der Waals surface area (Å²) in [5.41, 5.74) is 7.20. The maximum atomic E-state index is 12.3. The van der Waals surface area contributed by atoms with Crippen LogP contribution in [0, 0.1) is 0 Å². The summed E-state index contributed by atoms with van der Waals surface area (Å²) in [6, 6.07) is 6.91. The van der Waals surface area contributed by atoms with Gasteiger partial charge in [0.25, 0.3) is 0 Å². The molecule has 1 aliphatic rings. The number of rotatable bonds is 5. The van der Waals surface area contributed by atoms with Crippen molar-refractivity contribution in [3.05, 3.63) is 35.4 Å². The van der Waals surface area contributed by atoms with E-state index in [1.807, 2.05) is 18.2 Å². The van der Waals surface area contributed by atoms with Crippen molar-refractivity contribution in [3.63, 3.8) is 0 Å². The highest BCUT2D eigenvalue weighted by atomic mass is 32.2. The molecular weight excluding hydrogens is 288 g/mol. The van der Waals surface area contributed by atoms with E-state index in [0.29, 0.717) is 19.4 Å². The van der Waals surface area contributed by atoms with Crippen molar-refractivity contribution in [3.8, 4) is 0 Å². The molecule has 0 radical (unpaired) electrons. The Morgan fingerprint density at radius 3 is 2.52 bits per heavy atom. The van der Waals surface area contributed by atoms with Gasteiger partial charge in [-0.3, -0.25) is 0 Å². The molecule has 0 spiro atoms. The van der Waals surface area contributed by atoms with E-state index in [9.17, 15) is 13.5 Å². The Bertz CT molecular complexity index is 560. The molecule has 1 saturated carbocycles. The summed E-state index contributed by atoms with van der Waals surface area (Å²) in [7, 11) is -3.48. The molecule has 1 aromatic carbocycles. The van der Waals surface area contributed by atoms with Crippen LogP contribution in [0.5, 0.6) is 0 Å². The van der Waals surface area contributed by atoms with Gasteiger partial charge in [-0.2, -0.15) is 0 Å². The minimum Gasteiger partial charge on any atom is -0.391 e. The molecule has 0 aromatic heterocycles. The van der Waals surface area contributed by atoms with E-state index in [1.54, 1.807) is 6.07 Å². The summed E-state index contributed by atoms with van der Waals surface area (Å²) in [4.78, 5) is 0. The zero-order valence-corrected chi connectivity index (χ0v) is 13.0. The Hall–Kier alpha value is -0.950. The van der Waals surface area contributed by atoms with E-state index in [0.717, 1.165) is 30.4 Å². The quantitative estimate of drug-likeness (QED) is 0.714. The van der Waals surface area contributed by atoms with Crippen molar-refractivity contribution in [2.75, 3.05) is 0 Å². The molecule has 21 heavy (non-hydrogen) atoms. The molecule has 4 N–H and O–H groups in total. The van der Waals surface area contributed by atoms with E-state index in [4.69, 9.17) is 5.73 Å². The normalized spacial score (nSPS) is 23.7. The van der Waals surface area contributed by atoms with Gasteiger partial charge in [-0.1, -0.05) is 43.5 Å². The summed E-state index contributed by atoms with van der Waals surface area (Å²) in [6.45, 7) is 0.317. The van der Waals surface area contributed by atoms with E-state index in [2.05, 4.69) is 4.72 Å². The first-order valence-corrected chi connectivity index (χ1v) is 9.12. The van der Waals surface area contributed by atoms with Gasteiger partial charge in [0.2, 0.25) is 10.0 Å². The molecule has 1 fully saturated rings. The molecule has 0 amide bonds. The van der Waals surface area contributed by atoms with Crippen molar-refractivity contribution >= 4 is 10.0 Å². The highest BCUT2D eigenvalue weighted by Crippen LogP contribution is 2.20. The van der Waals surface area contributed by atoms with Crippen LogP contribution in [0.4, 0.5) is 0 Å². The van der Waals surface area contributed by atoms with Gasteiger partial charge in [0.15, 0.2) is 0 Å². The van der Waals surface area contributed by atoms with Crippen LogP contribution in [0.15, 0.2) is 24.3 Å². The molecule has 1 aromatic rings. The van der Waals surface area contributed by atoms with Gasteiger partial charge in [0, 0.05) is 12.6 Å². The molecule has 0 saturated heterocycles. The second-order valence-corrected chi connectivity index (χ2v) is 7.42. The first-order chi connectivity index (χ1) is 10.0. The summed E-state index contributed by atoms with van der Waals surface area (Å²) in [5.74, 6) is -0.0937. The molecule has 0 aliphatic heterocycles. The third kappa shape index (κ3) is 4.78. The number of nitrogens with two attached hydrogens (primary N) is 1. The average Bonchev–Trinajstić information content (AvgIpc) is 2.64. The minimum atomic E-state index is -3.48. The van der Waals surface area contributed by atoms with Gasteiger partial charge in [-0.25, -0.2) is 13.1 Å². The Labute approximate surface area is 126 Å². The molecule has 0 bridgehead atoms. The lowest BCUT2D eigenvalue weighted by Crippen LogP contribution is -2.43. The summed E-state index contributed by atoms with van der Waals surface area (Å²) in [5, 5.41) is 10.0. The Morgan fingerprint density at radius 2 is 1.81 bits per heavy atom. The topological polar surface area (TPSA) is 92.4 Å². The first kappa shape index (κ1) is 16.4. The predicted octanol–water partition coefficient (Wildman–Crippen LogP) is 1.26. The number of nitrogens with one attached hydrogen (secondary N) is 1. The zero-order chi connectivity index (χ0) is 15.3. The second-order valence-electron chi connectivity index (χ2n) is 5.66. The van der Waals surface area contributed by atoms with Crippen molar-refractivity contribution in [2.24, 2.45) is 5.73 Å². The fourth-order valence-electron chi connectivity index (χ4n) is 2.80. The number of hydrogen-bond acceptors (Lipinski definition) is 4. The van der Waals surface area contributed by atoms with Crippen LogP contribution in [0.1, 0.15) is 43.2 Å². The number of sulfonamides is 1. The summed E-state index contributed by atoms with van der Waals surface area (Å²) < 4.78 is 27.3.